The van der Waals surface area contributed by atoms with Crippen LogP contribution in [-0.2, 0) is 11.8 Å². The first-order valence-electron chi connectivity index (χ1n) is 9.15. The average molecular weight is 385 g/mol. The zero-order valence-corrected chi connectivity index (χ0v) is 16.2. The third kappa shape index (κ3) is 2.67. The Kier molecular flexibility index (Phi) is 4.10. The zero-order chi connectivity index (χ0) is 19.0. The minimum absolute atomic E-state index is 0.277. The number of hydrogen-bond acceptors (Lipinski definition) is 4. The standard InChI is InChI=1S/C23H19N3OS/c1-27-18-9-5-8-17(12-18)23(16-6-3-2-4-7-16)11-10-19-20(13-23)25-26-22(19)21-14-24-15-28-21/h2-12,14-15H,13H2,1H3,(H,25,26). The van der Waals surface area contributed by atoms with Gasteiger partial charge in [-0.25, -0.2) is 0 Å². The van der Waals surface area contributed by atoms with Crippen LogP contribution in [0, 0.1) is 0 Å². The molecule has 0 saturated heterocycles. The van der Waals surface area contributed by atoms with E-state index in [4.69, 9.17) is 4.74 Å². The van der Waals surface area contributed by atoms with Gasteiger partial charge >= 0.3 is 0 Å². The number of nitrogens with zero attached hydrogens (tertiary/aromatic N) is 2. The van der Waals surface area contributed by atoms with E-state index in [2.05, 4.69) is 75.9 Å². The Morgan fingerprint density at radius 2 is 1.93 bits per heavy atom. The summed E-state index contributed by atoms with van der Waals surface area (Å²) in [6.45, 7) is 0. The number of allylic oxidation sites excluding steroid dienone is 1. The summed E-state index contributed by atoms with van der Waals surface area (Å²) in [7, 11) is 1.71. The number of benzene rings is 2. The van der Waals surface area contributed by atoms with Crippen LogP contribution in [0.5, 0.6) is 5.75 Å². The normalized spacial score (nSPS) is 18.0. The van der Waals surface area contributed by atoms with Crippen molar-refractivity contribution in [3.63, 3.8) is 0 Å². The molecule has 0 fully saturated rings. The fourth-order valence-electron chi connectivity index (χ4n) is 3.98. The Morgan fingerprint density at radius 1 is 1.07 bits per heavy atom. The van der Waals surface area contributed by atoms with Gasteiger partial charge in [-0.15, -0.1) is 11.3 Å². The number of hydrogen-bond donors (Lipinski definition) is 1. The van der Waals surface area contributed by atoms with Crippen LogP contribution in [0.2, 0.25) is 0 Å². The van der Waals surface area contributed by atoms with Crippen molar-refractivity contribution in [1.82, 2.24) is 15.2 Å². The van der Waals surface area contributed by atoms with Gasteiger partial charge in [0.05, 0.1) is 17.5 Å². The largest absolute Gasteiger partial charge is 0.497 e. The van der Waals surface area contributed by atoms with Crippen molar-refractivity contribution in [3.8, 4) is 16.3 Å². The predicted molar refractivity (Wildman–Crippen MR) is 113 cm³/mol. The van der Waals surface area contributed by atoms with E-state index in [1.54, 1.807) is 18.4 Å². The number of thiazole rings is 1. The van der Waals surface area contributed by atoms with Gasteiger partial charge in [0.15, 0.2) is 0 Å². The van der Waals surface area contributed by atoms with Crippen LogP contribution in [-0.4, -0.2) is 22.3 Å². The summed E-state index contributed by atoms with van der Waals surface area (Å²) >= 11 is 1.61. The molecule has 1 aliphatic rings. The van der Waals surface area contributed by atoms with E-state index in [1.165, 1.54) is 11.1 Å². The molecule has 0 amide bonds. The van der Waals surface area contributed by atoms with Crippen molar-refractivity contribution < 1.29 is 4.74 Å². The van der Waals surface area contributed by atoms with Gasteiger partial charge in [0.2, 0.25) is 0 Å². The average Bonchev–Trinajstić information content (AvgIpc) is 3.43. The van der Waals surface area contributed by atoms with Crippen LogP contribution >= 0.6 is 11.3 Å². The molecule has 2 aromatic carbocycles. The molecule has 0 aliphatic heterocycles. The molecule has 28 heavy (non-hydrogen) atoms. The zero-order valence-electron chi connectivity index (χ0n) is 15.4. The van der Waals surface area contributed by atoms with Crippen molar-refractivity contribution >= 4 is 17.4 Å². The lowest BCUT2D eigenvalue weighted by Crippen LogP contribution is -2.30. The SMILES string of the molecule is COc1cccc(C2(c3ccccc3)C=Cc3c(-c4cncs4)n[nH]c3C2)c1. The van der Waals surface area contributed by atoms with Crippen molar-refractivity contribution in [1.29, 1.82) is 0 Å². The van der Waals surface area contributed by atoms with Gasteiger partial charge in [-0.1, -0.05) is 54.6 Å². The van der Waals surface area contributed by atoms with Crippen LogP contribution in [0.1, 0.15) is 22.4 Å². The molecule has 2 aromatic heterocycles. The van der Waals surface area contributed by atoms with Crippen molar-refractivity contribution in [2.45, 2.75) is 11.8 Å². The van der Waals surface area contributed by atoms with Gasteiger partial charge in [-0.3, -0.25) is 10.1 Å². The number of aromatic nitrogens is 3. The predicted octanol–water partition coefficient (Wildman–Crippen LogP) is 5.10. The summed E-state index contributed by atoms with van der Waals surface area (Å²) in [4.78, 5) is 5.28. The van der Waals surface area contributed by atoms with Gasteiger partial charge in [-0.2, -0.15) is 5.10 Å². The molecule has 4 aromatic rings. The Morgan fingerprint density at radius 3 is 2.71 bits per heavy atom. The molecule has 1 N–H and O–H groups in total. The number of ether oxygens (including phenoxy) is 1. The molecule has 1 aliphatic carbocycles. The van der Waals surface area contributed by atoms with Crippen molar-refractivity contribution in [2.75, 3.05) is 7.11 Å². The maximum Gasteiger partial charge on any atom is 0.119 e. The molecule has 2 heterocycles. The van der Waals surface area contributed by atoms with E-state index in [1.807, 2.05) is 17.8 Å². The van der Waals surface area contributed by atoms with Gasteiger partial charge in [-0.05, 0) is 23.3 Å². The topological polar surface area (TPSA) is 50.8 Å². The highest BCUT2D eigenvalue weighted by Gasteiger charge is 2.36. The molecule has 138 valence electrons. The van der Waals surface area contributed by atoms with Crippen molar-refractivity contribution in [2.24, 2.45) is 0 Å². The molecule has 0 saturated carbocycles. The maximum atomic E-state index is 5.50. The fourth-order valence-corrected chi connectivity index (χ4v) is 4.61. The summed E-state index contributed by atoms with van der Waals surface area (Å²) in [6, 6.07) is 19.0. The van der Waals surface area contributed by atoms with Gasteiger partial charge in [0.25, 0.3) is 0 Å². The van der Waals surface area contributed by atoms with Gasteiger partial charge < -0.3 is 4.74 Å². The number of nitrogens with one attached hydrogen (secondary N) is 1. The molecule has 4 nitrogen and oxygen atoms in total. The number of rotatable bonds is 4. The smallest absolute Gasteiger partial charge is 0.119 e. The highest BCUT2D eigenvalue weighted by Crippen LogP contribution is 2.43. The van der Waals surface area contributed by atoms with Crippen LogP contribution in [0.25, 0.3) is 16.6 Å². The van der Waals surface area contributed by atoms with E-state index in [9.17, 15) is 0 Å². The monoisotopic (exact) mass is 385 g/mol. The van der Waals surface area contributed by atoms with Crippen LogP contribution in [0.3, 0.4) is 0 Å². The number of aromatic amines is 1. The Balaban J connectivity index is 1.67. The molecule has 1 atom stereocenters. The first-order valence-corrected chi connectivity index (χ1v) is 10.0. The molecular formula is C23H19N3OS. The summed E-state index contributed by atoms with van der Waals surface area (Å²) < 4.78 is 5.50. The summed E-state index contributed by atoms with van der Waals surface area (Å²) in [5, 5.41) is 7.88. The lowest BCUT2D eigenvalue weighted by molar-refractivity contribution is 0.413. The maximum absolute atomic E-state index is 5.50. The second kappa shape index (κ2) is 6.77. The molecular weight excluding hydrogens is 366 g/mol. The highest BCUT2D eigenvalue weighted by atomic mass is 32.1. The Labute approximate surface area is 167 Å². The quantitative estimate of drug-likeness (QED) is 0.532. The Hall–Kier alpha value is -3.18. The third-order valence-corrected chi connectivity index (χ3v) is 6.19. The van der Waals surface area contributed by atoms with E-state index in [0.29, 0.717) is 0 Å². The number of H-pyrrole nitrogens is 1. The van der Waals surface area contributed by atoms with E-state index < -0.39 is 0 Å². The molecule has 5 rings (SSSR count). The number of fused-ring (bicyclic) bond motifs is 1. The van der Waals surface area contributed by atoms with E-state index >= 15 is 0 Å². The first-order chi connectivity index (χ1) is 13.8. The van der Waals surface area contributed by atoms with Crippen molar-refractivity contribution in [3.05, 3.63) is 94.8 Å². The van der Waals surface area contributed by atoms with Crippen LogP contribution in [0.4, 0.5) is 0 Å². The molecule has 5 heteroatoms. The fraction of sp³-hybridized carbons (Fsp3) is 0.130. The van der Waals surface area contributed by atoms with Gasteiger partial charge in [0.1, 0.15) is 11.4 Å². The summed E-state index contributed by atoms with van der Waals surface area (Å²) in [5.41, 5.74) is 7.28. The molecule has 0 bridgehead atoms. The lowest BCUT2D eigenvalue weighted by Gasteiger charge is -2.34. The number of methoxy groups -OCH3 is 1. The third-order valence-electron chi connectivity index (χ3n) is 5.41. The molecule has 0 spiro atoms. The van der Waals surface area contributed by atoms with Crippen LogP contribution in [0.15, 0.2) is 72.4 Å². The second-order valence-electron chi connectivity index (χ2n) is 6.91. The summed E-state index contributed by atoms with van der Waals surface area (Å²) in [5.74, 6) is 0.863. The minimum atomic E-state index is -0.277. The Bertz CT molecular complexity index is 1130. The minimum Gasteiger partial charge on any atom is -0.497 e. The first kappa shape index (κ1) is 17.0. The second-order valence-corrected chi connectivity index (χ2v) is 7.80. The van der Waals surface area contributed by atoms with Gasteiger partial charge in [0, 0.05) is 29.3 Å². The molecule has 1 unspecified atom stereocenters. The lowest BCUT2D eigenvalue weighted by atomic mass is 9.68. The van der Waals surface area contributed by atoms with Crippen LogP contribution < -0.4 is 4.74 Å². The molecule has 0 radical (unpaired) electrons. The van der Waals surface area contributed by atoms with E-state index in [-0.39, 0.29) is 5.41 Å². The summed E-state index contributed by atoms with van der Waals surface area (Å²) in [6.07, 6.45) is 7.18. The highest BCUT2D eigenvalue weighted by molar-refractivity contribution is 7.13. The van der Waals surface area contributed by atoms with E-state index in [0.717, 1.165) is 34.0 Å².